The summed E-state index contributed by atoms with van der Waals surface area (Å²) in [5.74, 6) is 1.26. The first-order valence-electron chi connectivity index (χ1n) is 44.1. The van der Waals surface area contributed by atoms with Crippen LogP contribution in [0, 0.1) is 87.3 Å². The third kappa shape index (κ3) is 18.7. The number of carboxylic acid groups (broad SMARTS) is 1. The number of hydrogen-bond donors (Lipinski definition) is 12. The van der Waals surface area contributed by atoms with Crippen molar-refractivity contribution in [3.8, 4) is 33.4 Å². The van der Waals surface area contributed by atoms with Crippen LogP contribution >= 0.6 is 0 Å². The second-order valence-electron chi connectivity index (χ2n) is 38.1. The van der Waals surface area contributed by atoms with E-state index in [0.717, 1.165) is 69.3 Å². The first-order valence-corrected chi connectivity index (χ1v) is 44.1. The zero-order chi connectivity index (χ0) is 87.0. The zero-order valence-corrected chi connectivity index (χ0v) is 72.8. The van der Waals surface area contributed by atoms with Crippen molar-refractivity contribution in [1.82, 2.24) is 41.8 Å². The van der Waals surface area contributed by atoms with E-state index in [2.05, 4.69) is 88.9 Å². The smallest absolute Gasteiger partial charge is 0.335 e. The van der Waals surface area contributed by atoms with E-state index in [9.17, 15) is 64.5 Å². The minimum absolute atomic E-state index is 0.0730. The molecule has 0 aromatic heterocycles. The maximum absolute atomic E-state index is 13.9. The molecule has 6 aromatic carbocycles. The molecule has 24 nitrogen and oxygen atoms in total. The quantitative estimate of drug-likeness (QED) is 0.0240. The first-order chi connectivity index (χ1) is 57.6. The van der Waals surface area contributed by atoms with Crippen LogP contribution < -0.4 is 26.6 Å². The zero-order valence-electron chi connectivity index (χ0n) is 72.8. The molecule has 6 bridgehead atoms. The van der Waals surface area contributed by atoms with E-state index in [1.54, 1.807) is 66.3 Å². The third-order valence-corrected chi connectivity index (χ3v) is 30.0. The van der Waals surface area contributed by atoms with Crippen LogP contribution in [0.5, 0.6) is 0 Å². The Kier molecular flexibility index (Phi) is 28.1. The summed E-state index contributed by atoms with van der Waals surface area (Å²) in [5, 5.41) is 92.2. The molecular weight excluding hydrogens is 1530 g/mol. The summed E-state index contributed by atoms with van der Waals surface area (Å²) in [7, 11) is 0. The third-order valence-electron chi connectivity index (χ3n) is 30.0. The molecule has 12 N–H and O–H groups in total. The number of carbonyl (C=O) groups is 6. The van der Waals surface area contributed by atoms with Crippen LogP contribution in [0.4, 0.5) is 0 Å². The highest BCUT2D eigenvalue weighted by molar-refractivity contribution is 5.96. The molecule has 6 aromatic rings. The minimum atomic E-state index is -0.986. The monoisotopic (exact) mass is 1660 g/mol. The largest absolute Gasteiger partial charge is 0.478 e. The van der Waals surface area contributed by atoms with Gasteiger partial charge in [0.1, 0.15) is 36.4 Å². The maximum Gasteiger partial charge on any atom is 0.335 e. The highest BCUT2D eigenvalue weighted by Gasteiger charge is 2.61. The van der Waals surface area contributed by atoms with Crippen LogP contribution in [0.3, 0.4) is 0 Å². The molecule has 3 heterocycles. The van der Waals surface area contributed by atoms with Gasteiger partial charge < -0.3 is 62.3 Å². The number of amides is 5. The molecule has 654 valence electrons. The second-order valence-corrected chi connectivity index (χ2v) is 38.1. The van der Waals surface area contributed by atoms with Gasteiger partial charge in [-0.2, -0.15) is 15.2 Å². The first kappa shape index (κ1) is 90.4. The van der Waals surface area contributed by atoms with E-state index in [1.165, 1.54) is 19.3 Å². The minimum Gasteiger partial charge on any atom is -0.478 e. The van der Waals surface area contributed by atoms with Gasteiger partial charge >= 0.3 is 5.97 Å². The lowest BCUT2D eigenvalue weighted by molar-refractivity contribution is -0.183. The summed E-state index contributed by atoms with van der Waals surface area (Å²) in [6, 6.07) is 43.3. The predicted molar refractivity (Wildman–Crippen MR) is 461 cm³/mol. The van der Waals surface area contributed by atoms with Crippen molar-refractivity contribution < 1.29 is 79.0 Å². The predicted octanol–water partition coefficient (Wildman–Crippen LogP) is 11.2. The molecule has 0 spiro atoms. The van der Waals surface area contributed by atoms with Gasteiger partial charge in [-0.25, -0.2) is 4.79 Å². The number of benzene rings is 6. The molecule has 3 aliphatic heterocycles. The Balaban J connectivity index is 0.000000157. The number of aliphatic hydroxyl groups is 6. The number of hydrogen-bond acceptors (Lipinski definition) is 18. The fraction of sp³-hybridized carbons (Fsp3) is 0.567. The number of fused-ring (bicyclic) bond motifs is 6. The van der Waals surface area contributed by atoms with Crippen molar-refractivity contribution in [2.75, 3.05) is 32.9 Å². The van der Waals surface area contributed by atoms with Gasteiger partial charge in [0.25, 0.3) is 11.8 Å². The SMILES string of the molecule is CCNC(=O)c1cccc(-c2cccc(CN3O[C@@H](CO)[C@@H]([C@H](C)O)[C@H]3C(=O)N[C@H]3C[C@H]4C[C@@H]([C@@H]3C)C4(C)C)c2)c1.CCNC(=O)c1cccc(-c2cccc(CN3O[C@@H](CO)[C@@H]([C@H](C)O)[C@H]3C(=O)N[C@H]3C[C@H]4C[C@@H]([C@@H]3C)C4(C)C)c2)c1.C[C@@H]1[C@@H](NC(=O)[C@@H]2[C@H]([C@H](C)O)[C@H](CO)ON2Cc2cccc(-c3cccc(C(=O)O)c3)c2)C[C@H]2C[C@@H]1C2(C)C. The standard InChI is InChI=1S/2C33H45N3O5.C31H40N2O6/c2*1-6-34-31(39)24-12-8-11-23(14-24)22-10-7-9-21(13-22)17-36-30(29(20(3)38)28(18-37)41-36)32(40)35-27-16-25-15-26(19(27)2)33(25,4)5;1-17-24-13-23(31(24,3)4)14-25(17)32-29(36)28-27(18(2)35)26(16-34)39-33(28)15-19-7-5-8-20(11-19)21-9-6-10-22(12-21)30(37)38/h2*7-14,19-20,25-30,37-38H,6,15-18H2,1-5H3,(H,34,39)(H,35,40);5-12,17-18,23-28,34-35H,13-16H2,1-4H3,(H,32,36)(H,37,38)/t2*19-,20-,25+,26-,27-,28-,29+,30-;17-,18-,23+,24-,25-,26-,27+,28-/m000/s1. The van der Waals surface area contributed by atoms with E-state index in [1.807, 2.05) is 129 Å². The van der Waals surface area contributed by atoms with E-state index < -0.39 is 78.5 Å². The summed E-state index contributed by atoms with van der Waals surface area (Å²) in [6.07, 6.45) is 1.94. The number of rotatable bonds is 26. The molecule has 0 radical (unpaired) electrons. The van der Waals surface area contributed by atoms with Crippen molar-refractivity contribution in [2.45, 2.75) is 228 Å². The average molecular weight is 1660 g/mol. The second kappa shape index (κ2) is 37.6. The number of nitrogens with one attached hydrogen (secondary N) is 5. The Morgan fingerprint density at radius 2 is 0.653 bits per heavy atom. The lowest BCUT2D eigenvalue weighted by atomic mass is 9.45. The van der Waals surface area contributed by atoms with Crippen LogP contribution in [-0.4, -0.2) is 192 Å². The fourth-order valence-electron chi connectivity index (χ4n) is 22.6. The molecule has 9 saturated carbocycles. The molecule has 9 aliphatic carbocycles. The van der Waals surface area contributed by atoms with E-state index in [0.29, 0.717) is 107 Å². The molecule has 121 heavy (non-hydrogen) atoms. The van der Waals surface area contributed by atoms with Gasteiger partial charge in [-0.1, -0.05) is 153 Å². The Hall–Kier alpha value is -8.34. The number of aliphatic hydroxyl groups excluding tert-OH is 6. The molecule has 12 fully saturated rings. The number of carbonyl (C=O) groups excluding carboxylic acids is 5. The normalized spacial score (nSPS) is 31.6. The van der Waals surface area contributed by atoms with Crippen molar-refractivity contribution in [3.63, 3.8) is 0 Å². The number of hydroxylamine groups is 6. The molecule has 24 atom stereocenters. The fourth-order valence-corrected chi connectivity index (χ4v) is 22.6. The van der Waals surface area contributed by atoms with Gasteiger partial charge in [-0.15, -0.1) is 0 Å². The van der Waals surface area contributed by atoms with Crippen molar-refractivity contribution in [3.05, 3.63) is 179 Å². The lowest BCUT2D eigenvalue weighted by Gasteiger charge is -2.62. The molecule has 3 saturated heterocycles. The van der Waals surface area contributed by atoms with Crippen LogP contribution in [0.1, 0.15) is 183 Å². The Labute approximate surface area is 713 Å². The summed E-state index contributed by atoms with van der Waals surface area (Å²) in [4.78, 5) is 96.2. The van der Waals surface area contributed by atoms with Crippen molar-refractivity contribution in [1.29, 1.82) is 0 Å². The van der Waals surface area contributed by atoms with Gasteiger partial charge in [-0.05, 0) is 247 Å². The van der Waals surface area contributed by atoms with Gasteiger partial charge in [0.05, 0.1) is 63.3 Å². The molecule has 5 amide bonds. The van der Waals surface area contributed by atoms with E-state index in [-0.39, 0.29) is 79.6 Å². The Bertz CT molecular complexity index is 4470. The van der Waals surface area contributed by atoms with Crippen LogP contribution in [0.2, 0.25) is 0 Å². The average Bonchev–Trinajstić information content (AvgIpc) is 1.73. The summed E-state index contributed by atoms with van der Waals surface area (Å²) < 4.78 is 0. The van der Waals surface area contributed by atoms with Gasteiger partial charge in [0.15, 0.2) is 0 Å². The molecule has 18 rings (SSSR count). The van der Waals surface area contributed by atoms with Crippen molar-refractivity contribution >= 4 is 35.5 Å². The van der Waals surface area contributed by atoms with Crippen molar-refractivity contribution in [2.24, 2.45) is 87.3 Å². The van der Waals surface area contributed by atoms with E-state index >= 15 is 0 Å². The van der Waals surface area contributed by atoms with Crippen LogP contribution in [0.25, 0.3) is 33.4 Å². The molecule has 12 aliphatic rings. The number of nitrogens with zero attached hydrogens (tertiary/aromatic N) is 3. The van der Waals surface area contributed by atoms with Crippen LogP contribution in [-0.2, 0) is 48.5 Å². The van der Waals surface area contributed by atoms with Gasteiger partial charge in [0.2, 0.25) is 17.7 Å². The molecular formula is C97H130N8O16. The summed E-state index contributed by atoms with van der Waals surface area (Å²) in [5.41, 5.74) is 10.4. The number of aromatic carboxylic acids is 1. The Morgan fingerprint density at radius 3 is 0.893 bits per heavy atom. The molecule has 0 unspecified atom stereocenters. The van der Waals surface area contributed by atoms with Gasteiger partial charge in [0, 0.05) is 60.1 Å². The lowest BCUT2D eigenvalue weighted by Crippen LogP contribution is -2.62. The van der Waals surface area contributed by atoms with Crippen LogP contribution in [0.15, 0.2) is 146 Å². The highest BCUT2D eigenvalue weighted by Crippen LogP contribution is 2.64. The summed E-state index contributed by atoms with van der Waals surface area (Å²) >= 11 is 0. The molecule has 24 heteroatoms. The highest BCUT2D eigenvalue weighted by atomic mass is 16.7. The Morgan fingerprint density at radius 1 is 0.397 bits per heavy atom. The summed E-state index contributed by atoms with van der Waals surface area (Å²) in [6.45, 7) is 30.6. The van der Waals surface area contributed by atoms with Gasteiger partial charge in [-0.3, -0.25) is 38.5 Å². The maximum atomic E-state index is 13.9. The topological polar surface area (TPSA) is 342 Å². The number of carboxylic acids is 1. The van der Waals surface area contributed by atoms with E-state index in [4.69, 9.17) is 14.5 Å².